The summed E-state index contributed by atoms with van der Waals surface area (Å²) in [5, 5.41) is 0. The van der Waals surface area contributed by atoms with Gasteiger partial charge in [0, 0.05) is 31.2 Å². The summed E-state index contributed by atoms with van der Waals surface area (Å²) in [5.41, 5.74) is 8.95. The van der Waals surface area contributed by atoms with Crippen LogP contribution in [0, 0.1) is 0 Å². The second-order valence-electron chi connectivity index (χ2n) is 4.49. The molecule has 0 aliphatic carbocycles. The summed E-state index contributed by atoms with van der Waals surface area (Å²) < 4.78 is 1.03. The van der Waals surface area contributed by atoms with E-state index >= 15 is 0 Å². The van der Waals surface area contributed by atoms with Crippen molar-refractivity contribution in [2.45, 2.75) is 19.9 Å². The molecule has 100 valence electrons. The minimum absolute atomic E-state index is 0.802. The number of nitrogen functional groups attached to an aromatic ring is 1. The van der Waals surface area contributed by atoms with Gasteiger partial charge in [0.1, 0.15) is 0 Å². The van der Waals surface area contributed by atoms with Gasteiger partial charge >= 0.3 is 0 Å². The highest BCUT2D eigenvalue weighted by Gasteiger charge is 2.09. The molecule has 0 saturated heterocycles. The van der Waals surface area contributed by atoms with Crippen LogP contribution in [0.2, 0.25) is 0 Å². The van der Waals surface area contributed by atoms with Crippen molar-refractivity contribution in [2.75, 3.05) is 17.2 Å². The van der Waals surface area contributed by atoms with Gasteiger partial charge in [-0.05, 0) is 46.1 Å². The van der Waals surface area contributed by atoms with Crippen LogP contribution in [0.25, 0.3) is 0 Å². The smallest absolute Gasteiger partial charge is 0.0592 e. The Bertz CT molecular complexity index is 525. The summed E-state index contributed by atoms with van der Waals surface area (Å²) in [4.78, 5) is 6.46. The summed E-state index contributed by atoms with van der Waals surface area (Å²) in [6.45, 7) is 4.06. The quantitative estimate of drug-likeness (QED) is 0.851. The number of benzene rings is 1. The number of nitrogens with zero attached hydrogens (tertiary/aromatic N) is 2. The highest BCUT2D eigenvalue weighted by atomic mass is 79.9. The first-order valence-electron chi connectivity index (χ1n) is 6.39. The molecule has 0 saturated carbocycles. The molecule has 0 spiro atoms. The van der Waals surface area contributed by atoms with Crippen molar-refractivity contribution in [3.8, 4) is 0 Å². The maximum absolute atomic E-state index is 5.72. The largest absolute Gasteiger partial charge is 0.399 e. The molecule has 0 aliphatic heterocycles. The van der Waals surface area contributed by atoms with Crippen molar-refractivity contribution in [3.05, 3.63) is 52.8 Å². The molecule has 2 aromatic rings. The molecule has 0 atom stereocenters. The molecular formula is C15H18BrN3. The zero-order chi connectivity index (χ0) is 13.7. The predicted octanol–water partition coefficient (Wildman–Crippen LogP) is 3.84. The van der Waals surface area contributed by atoms with Gasteiger partial charge in [0.25, 0.3) is 0 Å². The van der Waals surface area contributed by atoms with Gasteiger partial charge < -0.3 is 10.6 Å². The molecule has 0 aliphatic rings. The van der Waals surface area contributed by atoms with Gasteiger partial charge in [0.05, 0.1) is 10.2 Å². The van der Waals surface area contributed by atoms with Crippen LogP contribution >= 0.6 is 15.9 Å². The minimum Gasteiger partial charge on any atom is -0.399 e. The maximum Gasteiger partial charge on any atom is 0.0592 e. The molecular weight excluding hydrogens is 302 g/mol. The fourth-order valence-electron chi connectivity index (χ4n) is 2.02. The Hall–Kier alpha value is -1.55. The highest BCUT2D eigenvalue weighted by Crippen LogP contribution is 2.26. The Morgan fingerprint density at radius 1 is 1.21 bits per heavy atom. The lowest BCUT2D eigenvalue weighted by Gasteiger charge is -2.25. The third-order valence-corrected chi connectivity index (χ3v) is 3.55. The molecule has 1 aromatic heterocycles. The summed E-state index contributed by atoms with van der Waals surface area (Å²) >= 11 is 3.57. The predicted molar refractivity (Wildman–Crippen MR) is 84.1 cm³/mol. The van der Waals surface area contributed by atoms with Crippen molar-refractivity contribution in [3.63, 3.8) is 0 Å². The highest BCUT2D eigenvalue weighted by molar-refractivity contribution is 9.10. The fraction of sp³-hybridized carbons (Fsp3) is 0.267. The van der Waals surface area contributed by atoms with Crippen LogP contribution in [0.3, 0.4) is 0 Å². The monoisotopic (exact) mass is 319 g/mol. The standard InChI is InChI=1S/C15H18BrN3/c1-2-9-19(15-7-8-18-10-14(15)16)11-12-3-5-13(17)6-4-12/h3-8,10H,2,9,11,17H2,1H3. The first kappa shape index (κ1) is 13.9. The van der Waals surface area contributed by atoms with Crippen molar-refractivity contribution in [1.82, 2.24) is 4.98 Å². The van der Waals surface area contributed by atoms with E-state index in [1.807, 2.05) is 30.6 Å². The van der Waals surface area contributed by atoms with Crippen molar-refractivity contribution >= 4 is 27.3 Å². The van der Waals surface area contributed by atoms with Gasteiger partial charge in [-0.2, -0.15) is 0 Å². The zero-order valence-corrected chi connectivity index (χ0v) is 12.6. The van der Waals surface area contributed by atoms with Crippen LogP contribution in [0.5, 0.6) is 0 Å². The van der Waals surface area contributed by atoms with Gasteiger partial charge in [-0.15, -0.1) is 0 Å². The van der Waals surface area contributed by atoms with E-state index in [1.54, 1.807) is 0 Å². The second-order valence-corrected chi connectivity index (χ2v) is 5.34. The first-order chi connectivity index (χ1) is 9.20. The van der Waals surface area contributed by atoms with Gasteiger partial charge in [0.15, 0.2) is 0 Å². The molecule has 0 amide bonds. The number of nitrogens with two attached hydrogens (primary N) is 1. The van der Waals surface area contributed by atoms with Crippen LogP contribution in [-0.4, -0.2) is 11.5 Å². The van der Waals surface area contributed by atoms with E-state index in [0.717, 1.165) is 29.7 Å². The molecule has 0 unspecified atom stereocenters. The number of rotatable bonds is 5. The van der Waals surface area contributed by atoms with Crippen LogP contribution in [-0.2, 0) is 6.54 Å². The van der Waals surface area contributed by atoms with E-state index in [1.165, 1.54) is 11.3 Å². The summed E-state index contributed by atoms with van der Waals surface area (Å²) in [6.07, 6.45) is 4.76. The van der Waals surface area contributed by atoms with E-state index in [4.69, 9.17) is 5.73 Å². The maximum atomic E-state index is 5.72. The van der Waals surface area contributed by atoms with Gasteiger partial charge in [-0.3, -0.25) is 4.98 Å². The Balaban J connectivity index is 2.21. The SMILES string of the molecule is CCCN(Cc1ccc(N)cc1)c1ccncc1Br. The van der Waals surface area contributed by atoms with Crippen LogP contribution < -0.4 is 10.6 Å². The van der Waals surface area contributed by atoms with Gasteiger partial charge in [0.2, 0.25) is 0 Å². The first-order valence-corrected chi connectivity index (χ1v) is 7.19. The van der Waals surface area contributed by atoms with Crippen molar-refractivity contribution < 1.29 is 0 Å². The van der Waals surface area contributed by atoms with E-state index in [2.05, 4.69) is 44.9 Å². The number of anilines is 2. The van der Waals surface area contributed by atoms with Crippen molar-refractivity contribution in [2.24, 2.45) is 0 Å². The molecule has 0 radical (unpaired) electrons. The summed E-state index contributed by atoms with van der Waals surface area (Å²) in [5.74, 6) is 0. The number of hydrogen-bond donors (Lipinski definition) is 1. The molecule has 2 N–H and O–H groups in total. The average molecular weight is 320 g/mol. The molecule has 3 nitrogen and oxygen atoms in total. The number of halogens is 1. The topological polar surface area (TPSA) is 42.1 Å². The average Bonchev–Trinajstić information content (AvgIpc) is 2.41. The Kier molecular flexibility index (Phi) is 4.80. The van der Waals surface area contributed by atoms with Gasteiger partial charge in [-0.1, -0.05) is 19.1 Å². The van der Waals surface area contributed by atoms with Crippen LogP contribution in [0.15, 0.2) is 47.2 Å². The normalized spacial score (nSPS) is 10.4. The zero-order valence-electron chi connectivity index (χ0n) is 11.0. The van der Waals surface area contributed by atoms with E-state index in [0.29, 0.717) is 0 Å². The van der Waals surface area contributed by atoms with Crippen LogP contribution in [0.4, 0.5) is 11.4 Å². The van der Waals surface area contributed by atoms with Gasteiger partial charge in [-0.25, -0.2) is 0 Å². The number of aromatic nitrogens is 1. The molecule has 4 heteroatoms. The van der Waals surface area contributed by atoms with E-state index in [-0.39, 0.29) is 0 Å². The number of pyridine rings is 1. The summed E-state index contributed by atoms with van der Waals surface area (Å²) in [6, 6.07) is 10.1. The molecule has 0 fully saturated rings. The van der Waals surface area contributed by atoms with E-state index < -0.39 is 0 Å². The lowest BCUT2D eigenvalue weighted by Crippen LogP contribution is -2.23. The molecule has 1 heterocycles. The summed E-state index contributed by atoms with van der Waals surface area (Å²) in [7, 11) is 0. The molecule has 1 aromatic carbocycles. The third-order valence-electron chi connectivity index (χ3n) is 2.94. The Labute approximate surface area is 122 Å². The Morgan fingerprint density at radius 3 is 2.58 bits per heavy atom. The Morgan fingerprint density at radius 2 is 1.95 bits per heavy atom. The number of hydrogen-bond acceptors (Lipinski definition) is 3. The molecule has 0 bridgehead atoms. The lowest BCUT2D eigenvalue weighted by atomic mass is 10.2. The molecule has 19 heavy (non-hydrogen) atoms. The lowest BCUT2D eigenvalue weighted by molar-refractivity contribution is 0.765. The third kappa shape index (κ3) is 3.70. The second kappa shape index (κ2) is 6.57. The fourth-order valence-corrected chi connectivity index (χ4v) is 2.52. The van der Waals surface area contributed by atoms with E-state index in [9.17, 15) is 0 Å². The van der Waals surface area contributed by atoms with Crippen molar-refractivity contribution in [1.29, 1.82) is 0 Å². The van der Waals surface area contributed by atoms with Crippen LogP contribution in [0.1, 0.15) is 18.9 Å². The minimum atomic E-state index is 0.802. The molecule has 2 rings (SSSR count).